The summed E-state index contributed by atoms with van der Waals surface area (Å²) in [6.07, 6.45) is 2.51. The minimum atomic E-state index is -1.28. The Hall–Kier alpha value is -2.70. The van der Waals surface area contributed by atoms with Crippen LogP contribution in [0.2, 0.25) is 0 Å². The molecule has 0 amide bonds. The van der Waals surface area contributed by atoms with Gasteiger partial charge >= 0.3 is 0 Å². The van der Waals surface area contributed by atoms with Crippen LogP contribution in [-0.4, -0.2) is 20.7 Å². The Morgan fingerprint density at radius 1 is 1.35 bits per heavy atom. The molecule has 2 aromatic rings. The maximum atomic E-state index is 11.0. The zero-order valence-corrected chi connectivity index (χ0v) is 10.8. The molecule has 0 unspecified atom stereocenters. The molecule has 0 aliphatic carbocycles. The van der Waals surface area contributed by atoms with Gasteiger partial charge in [0.2, 0.25) is 0 Å². The summed E-state index contributed by atoms with van der Waals surface area (Å²) in [4.78, 5) is 21.1. The first-order chi connectivity index (χ1) is 9.54. The predicted octanol–water partition coefficient (Wildman–Crippen LogP) is 1.10. The molecule has 0 saturated carbocycles. The van der Waals surface area contributed by atoms with Gasteiger partial charge in [-0.3, -0.25) is 10.1 Å². The molecule has 0 radical (unpaired) electrons. The fourth-order valence-electron chi connectivity index (χ4n) is 1.96. The number of aromatic carboxylic acids is 1. The molecule has 7 heteroatoms. The van der Waals surface area contributed by atoms with Gasteiger partial charge in [0.25, 0.3) is 5.69 Å². The van der Waals surface area contributed by atoms with E-state index >= 15 is 0 Å². The van der Waals surface area contributed by atoms with Crippen molar-refractivity contribution in [3.8, 4) is 5.69 Å². The first-order valence-electron chi connectivity index (χ1n) is 6.07. The van der Waals surface area contributed by atoms with E-state index in [1.807, 2.05) is 6.92 Å². The number of carboxylic acids is 1. The molecule has 1 aromatic carbocycles. The molecule has 1 aromatic heterocycles. The summed E-state index contributed by atoms with van der Waals surface area (Å²) in [5.74, 6) is -1.28. The van der Waals surface area contributed by atoms with Crippen molar-refractivity contribution in [1.29, 1.82) is 0 Å². The summed E-state index contributed by atoms with van der Waals surface area (Å²) in [5, 5.41) is 25.7. The zero-order chi connectivity index (χ0) is 14.7. The van der Waals surface area contributed by atoms with Gasteiger partial charge in [-0.15, -0.1) is 0 Å². The Kier molecular flexibility index (Phi) is 3.79. The van der Waals surface area contributed by atoms with Crippen LogP contribution in [0.25, 0.3) is 5.69 Å². The van der Waals surface area contributed by atoms with Crippen LogP contribution < -0.4 is 5.11 Å². The number of benzene rings is 1. The normalized spacial score (nSPS) is 10.4. The number of hydrogen-bond acceptors (Lipinski definition) is 5. The third kappa shape index (κ3) is 2.51. The van der Waals surface area contributed by atoms with E-state index in [1.165, 1.54) is 35.1 Å². The van der Waals surface area contributed by atoms with Crippen molar-refractivity contribution < 1.29 is 14.8 Å². The van der Waals surface area contributed by atoms with Gasteiger partial charge in [-0.25, -0.2) is 4.68 Å². The standard InChI is InChI=1S/C13H13N3O4/c1-2-3-12-11(13(17)18)8-14-15(12)9-4-6-10(7-5-9)16(19)20/h4-8H,2-3H2,1H3,(H,17,18)/p-1. The minimum absolute atomic E-state index is 0.0296. The molecule has 20 heavy (non-hydrogen) atoms. The number of nitro benzene ring substituents is 1. The van der Waals surface area contributed by atoms with Crippen molar-refractivity contribution >= 4 is 11.7 Å². The quantitative estimate of drug-likeness (QED) is 0.600. The van der Waals surface area contributed by atoms with Crippen molar-refractivity contribution in [2.45, 2.75) is 19.8 Å². The average Bonchev–Trinajstić information content (AvgIpc) is 2.83. The van der Waals surface area contributed by atoms with Crippen LogP contribution in [0.4, 0.5) is 5.69 Å². The van der Waals surface area contributed by atoms with Crippen LogP contribution in [0.5, 0.6) is 0 Å². The maximum Gasteiger partial charge on any atom is 0.269 e. The van der Waals surface area contributed by atoms with E-state index in [0.717, 1.165) is 6.42 Å². The highest BCUT2D eigenvalue weighted by atomic mass is 16.6. The molecule has 2 rings (SSSR count). The lowest BCUT2D eigenvalue weighted by molar-refractivity contribution is -0.384. The highest BCUT2D eigenvalue weighted by Gasteiger charge is 2.13. The largest absolute Gasteiger partial charge is 0.545 e. The lowest BCUT2D eigenvalue weighted by atomic mass is 10.1. The Balaban J connectivity index is 2.46. The second-order valence-electron chi connectivity index (χ2n) is 4.23. The number of nitro groups is 1. The van der Waals surface area contributed by atoms with Crippen LogP contribution in [0.3, 0.4) is 0 Å². The van der Waals surface area contributed by atoms with E-state index in [1.54, 1.807) is 0 Å². The second-order valence-corrected chi connectivity index (χ2v) is 4.23. The summed E-state index contributed by atoms with van der Waals surface area (Å²) in [6, 6.07) is 5.77. The summed E-state index contributed by atoms with van der Waals surface area (Å²) < 4.78 is 1.47. The van der Waals surface area contributed by atoms with E-state index < -0.39 is 10.9 Å². The molecule has 0 aliphatic rings. The highest BCUT2D eigenvalue weighted by Crippen LogP contribution is 2.19. The van der Waals surface area contributed by atoms with E-state index in [9.17, 15) is 20.0 Å². The van der Waals surface area contributed by atoms with E-state index in [-0.39, 0.29) is 11.3 Å². The molecular weight excluding hydrogens is 262 g/mol. The van der Waals surface area contributed by atoms with Crippen LogP contribution in [0.1, 0.15) is 29.4 Å². The third-order valence-corrected chi connectivity index (χ3v) is 2.88. The van der Waals surface area contributed by atoms with Gasteiger partial charge in [0, 0.05) is 17.7 Å². The zero-order valence-electron chi connectivity index (χ0n) is 10.8. The van der Waals surface area contributed by atoms with Crippen molar-refractivity contribution in [3.05, 3.63) is 51.8 Å². The van der Waals surface area contributed by atoms with Crippen LogP contribution in [0.15, 0.2) is 30.5 Å². The van der Waals surface area contributed by atoms with Gasteiger partial charge in [-0.05, 0) is 18.6 Å². The van der Waals surface area contributed by atoms with E-state index in [4.69, 9.17) is 0 Å². The topological polar surface area (TPSA) is 101 Å². The van der Waals surface area contributed by atoms with Gasteiger partial charge in [-0.2, -0.15) is 5.10 Å². The molecular formula is C13H12N3O4-. The molecule has 0 spiro atoms. The lowest BCUT2D eigenvalue weighted by Gasteiger charge is -2.09. The maximum absolute atomic E-state index is 11.0. The van der Waals surface area contributed by atoms with Crippen LogP contribution in [-0.2, 0) is 6.42 Å². The molecule has 104 valence electrons. The second kappa shape index (κ2) is 5.52. The molecule has 0 atom stereocenters. The number of carboxylic acid groups (broad SMARTS) is 1. The molecule has 0 saturated heterocycles. The fraction of sp³-hybridized carbons (Fsp3) is 0.231. The van der Waals surface area contributed by atoms with Crippen LogP contribution >= 0.6 is 0 Å². The molecule has 0 fully saturated rings. The Bertz CT molecular complexity index is 646. The summed E-state index contributed by atoms with van der Waals surface area (Å²) in [6.45, 7) is 1.92. The summed E-state index contributed by atoms with van der Waals surface area (Å²) in [5.41, 5.74) is 1.12. The molecule has 1 heterocycles. The Labute approximate surface area is 114 Å². The van der Waals surface area contributed by atoms with Gasteiger partial charge in [0.1, 0.15) is 0 Å². The predicted molar refractivity (Wildman–Crippen MR) is 68.5 cm³/mol. The van der Waals surface area contributed by atoms with Crippen LogP contribution in [0, 0.1) is 10.1 Å². The molecule has 0 aliphatic heterocycles. The first kappa shape index (κ1) is 13.7. The number of nitrogens with zero attached hydrogens (tertiary/aromatic N) is 3. The van der Waals surface area contributed by atoms with Crippen molar-refractivity contribution in [2.24, 2.45) is 0 Å². The number of aromatic nitrogens is 2. The Morgan fingerprint density at radius 3 is 2.50 bits per heavy atom. The smallest absolute Gasteiger partial charge is 0.269 e. The van der Waals surface area contributed by atoms with Gasteiger partial charge in [0.05, 0.1) is 28.5 Å². The monoisotopic (exact) mass is 274 g/mol. The highest BCUT2D eigenvalue weighted by molar-refractivity contribution is 5.87. The number of rotatable bonds is 5. The van der Waals surface area contributed by atoms with Crippen molar-refractivity contribution in [2.75, 3.05) is 0 Å². The number of non-ortho nitro benzene ring substituents is 1. The Morgan fingerprint density at radius 2 is 2.00 bits per heavy atom. The number of hydrogen-bond donors (Lipinski definition) is 0. The number of carbonyl (C=O) groups excluding carboxylic acids is 1. The first-order valence-corrected chi connectivity index (χ1v) is 6.07. The lowest BCUT2D eigenvalue weighted by Crippen LogP contribution is -2.23. The molecule has 0 bridgehead atoms. The third-order valence-electron chi connectivity index (χ3n) is 2.88. The minimum Gasteiger partial charge on any atom is -0.545 e. The fourth-order valence-corrected chi connectivity index (χ4v) is 1.96. The van der Waals surface area contributed by atoms with E-state index in [2.05, 4.69) is 5.10 Å². The van der Waals surface area contributed by atoms with Crippen molar-refractivity contribution in [1.82, 2.24) is 9.78 Å². The number of carbonyl (C=O) groups is 1. The summed E-state index contributed by atoms with van der Waals surface area (Å²) in [7, 11) is 0. The summed E-state index contributed by atoms with van der Waals surface area (Å²) >= 11 is 0. The van der Waals surface area contributed by atoms with E-state index in [0.29, 0.717) is 17.8 Å². The van der Waals surface area contributed by atoms with Gasteiger partial charge in [-0.1, -0.05) is 13.3 Å². The SMILES string of the molecule is CCCc1c(C(=O)[O-])cnn1-c1ccc([N+](=O)[O-])cc1. The average molecular weight is 274 g/mol. The molecule has 0 N–H and O–H groups in total. The van der Waals surface area contributed by atoms with Crippen molar-refractivity contribution in [3.63, 3.8) is 0 Å². The van der Waals surface area contributed by atoms with Gasteiger partial charge < -0.3 is 9.90 Å². The molecule has 7 nitrogen and oxygen atoms in total. The van der Waals surface area contributed by atoms with Gasteiger partial charge in [0.15, 0.2) is 0 Å².